The van der Waals surface area contributed by atoms with Crippen LogP contribution >= 0.6 is 0 Å². The van der Waals surface area contributed by atoms with Gasteiger partial charge in [0.25, 0.3) is 5.91 Å². The third kappa shape index (κ3) is 5.28. The lowest BCUT2D eigenvalue weighted by atomic mass is 9.93. The molecule has 184 valence electrons. The van der Waals surface area contributed by atoms with Crippen LogP contribution in [0.15, 0.2) is 24.5 Å². The number of halogens is 1. The third-order valence-electron chi connectivity index (χ3n) is 6.30. The normalized spacial score (nSPS) is 18.6. The van der Waals surface area contributed by atoms with Crippen molar-refractivity contribution in [2.75, 3.05) is 33.4 Å². The Kier molecular flexibility index (Phi) is 7.89. The van der Waals surface area contributed by atoms with Crippen LogP contribution in [0, 0.1) is 11.7 Å². The van der Waals surface area contributed by atoms with Crippen molar-refractivity contribution in [2.24, 2.45) is 5.92 Å². The van der Waals surface area contributed by atoms with Gasteiger partial charge < -0.3 is 24.5 Å². The summed E-state index contributed by atoms with van der Waals surface area (Å²) in [7, 11) is 1.66. The molecule has 1 aliphatic rings. The molecular weight excluding hydrogens is 437 g/mol. The Balaban J connectivity index is 1.66. The van der Waals surface area contributed by atoms with Crippen LogP contribution in [0.4, 0.5) is 4.39 Å². The zero-order valence-corrected chi connectivity index (χ0v) is 20.1. The van der Waals surface area contributed by atoms with E-state index in [1.165, 1.54) is 6.07 Å². The maximum absolute atomic E-state index is 14.8. The van der Waals surface area contributed by atoms with E-state index in [-0.39, 0.29) is 29.6 Å². The van der Waals surface area contributed by atoms with Crippen molar-refractivity contribution in [3.05, 3.63) is 42.0 Å². The van der Waals surface area contributed by atoms with Gasteiger partial charge >= 0.3 is 0 Å². The number of H-pyrrole nitrogens is 1. The lowest BCUT2D eigenvalue weighted by Gasteiger charge is -2.38. The van der Waals surface area contributed by atoms with Gasteiger partial charge in [0.1, 0.15) is 23.5 Å². The van der Waals surface area contributed by atoms with E-state index in [9.17, 15) is 9.18 Å². The molecule has 9 nitrogen and oxygen atoms in total. The monoisotopic (exact) mass is 471 g/mol. The molecule has 0 saturated carbocycles. The first-order valence-corrected chi connectivity index (χ1v) is 12.0. The second-order valence-electron chi connectivity index (χ2n) is 9.36. The molecule has 2 N–H and O–H groups in total. The smallest absolute Gasteiger partial charge is 0.290 e. The largest absolute Gasteiger partial charge is 0.385 e. The number of para-hydroxylation sites is 1. The number of fused-ring (bicyclic) bond motifs is 1. The van der Waals surface area contributed by atoms with Gasteiger partial charge in [-0.1, -0.05) is 19.9 Å². The number of unbranched alkanes of at least 4 members (excludes halogenated alkanes) is 1. The number of benzene rings is 1. The van der Waals surface area contributed by atoms with Crippen molar-refractivity contribution >= 4 is 16.9 Å². The zero-order valence-electron chi connectivity index (χ0n) is 20.1. The molecular formula is C24H34FN7O2. The highest BCUT2D eigenvalue weighted by Gasteiger charge is 2.34. The lowest BCUT2D eigenvalue weighted by molar-refractivity contribution is 0.0590. The molecule has 3 heterocycles. The molecule has 0 aliphatic carbocycles. The van der Waals surface area contributed by atoms with Crippen LogP contribution < -0.4 is 5.32 Å². The van der Waals surface area contributed by atoms with Crippen LogP contribution in [-0.2, 0) is 11.3 Å². The molecule has 1 amide bonds. The summed E-state index contributed by atoms with van der Waals surface area (Å²) in [5.41, 5.74) is 0.884. The first-order valence-electron chi connectivity index (χ1n) is 12.0. The Hall–Kier alpha value is -2.85. The van der Waals surface area contributed by atoms with Crippen LogP contribution in [0.25, 0.3) is 11.0 Å². The van der Waals surface area contributed by atoms with E-state index in [2.05, 4.69) is 39.3 Å². The molecule has 3 aromatic rings. The van der Waals surface area contributed by atoms with Crippen molar-refractivity contribution in [1.82, 2.24) is 34.9 Å². The molecule has 1 aromatic carbocycles. The minimum atomic E-state index is -0.365. The maximum atomic E-state index is 14.8. The molecule has 2 atom stereocenters. The van der Waals surface area contributed by atoms with Gasteiger partial charge in [-0.15, -0.1) is 10.2 Å². The summed E-state index contributed by atoms with van der Waals surface area (Å²) in [5, 5.41) is 11.5. The first kappa shape index (κ1) is 24.3. The van der Waals surface area contributed by atoms with Crippen LogP contribution in [0.2, 0.25) is 0 Å². The minimum absolute atomic E-state index is 0.0367. The average molecular weight is 472 g/mol. The van der Waals surface area contributed by atoms with E-state index < -0.39 is 0 Å². The minimum Gasteiger partial charge on any atom is -0.385 e. The summed E-state index contributed by atoms with van der Waals surface area (Å²) in [6, 6.07) is 4.77. The number of hydrogen-bond acceptors (Lipinski definition) is 6. The predicted molar refractivity (Wildman–Crippen MR) is 127 cm³/mol. The highest BCUT2D eigenvalue weighted by atomic mass is 19.1. The summed E-state index contributed by atoms with van der Waals surface area (Å²) < 4.78 is 21.7. The third-order valence-corrected chi connectivity index (χ3v) is 6.30. The highest BCUT2D eigenvalue weighted by Crippen LogP contribution is 2.27. The fraction of sp³-hybridized carbons (Fsp3) is 0.583. The average Bonchev–Trinajstić information content (AvgIpc) is 3.49. The lowest BCUT2D eigenvalue weighted by Crippen LogP contribution is -2.52. The van der Waals surface area contributed by atoms with Gasteiger partial charge in [-0.05, 0) is 37.3 Å². The molecule has 34 heavy (non-hydrogen) atoms. The molecule has 2 aromatic heterocycles. The number of imidazole rings is 1. The van der Waals surface area contributed by atoms with Crippen molar-refractivity contribution < 1.29 is 13.9 Å². The Labute approximate surface area is 199 Å². The van der Waals surface area contributed by atoms with Crippen LogP contribution in [0.5, 0.6) is 0 Å². The fourth-order valence-electron chi connectivity index (χ4n) is 4.74. The van der Waals surface area contributed by atoms with Gasteiger partial charge in [-0.2, -0.15) is 0 Å². The molecule has 10 heteroatoms. The number of nitrogens with zero attached hydrogens (tertiary/aromatic N) is 5. The summed E-state index contributed by atoms with van der Waals surface area (Å²) >= 11 is 0. The first-order chi connectivity index (χ1) is 16.5. The summed E-state index contributed by atoms with van der Waals surface area (Å²) in [6.45, 7) is 7.36. The van der Waals surface area contributed by atoms with E-state index in [1.54, 1.807) is 30.1 Å². The van der Waals surface area contributed by atoms with Gasteiger partial charge in [0.05, 0.1) is 5.52 Å². The second-order valence-corrected chi connectivity index (χ2v) is 9.36. The Bertz CT molecular complexity index is 1080. The molecule has 0 radical (unpaired) electrons. The van der Waals surface area contributed by atoms with E-state index >= 15 is 0 Å². The number of carbonyl (C=O) groups is 1. The van der Waals surface area contributed by atoms with Crippen LogP contribution in [0.3, 0.4) is 0 Å². The van der Waals surface area contributed by atoms with Gasteiger partial charge in [0.15, 0.2) is 5.82 Å². The SMILES string of the molecule is COCCCCn1c(C(=O)N(CC(C)C)[C@@H]2CNC[C@H](c3nnc[nH]3)C2)nc2cccc(F)c21. The molecule has 0 spiro atoms. The molecule has 0 bridgehead atoms. The van der Waals surface area contributed by atoms with Crippen molar-refractivity contribution in [3.63, 3.8) is 0 Å². The molecule has 4 rings (SSSR count). The van der Waals surface area contributed by atoms with Crippen molar-refractivity contribution in [2.45, 2.75) is 51.6 Å². The topological polar surface area (TPSA) is 101 Å². The number of piperidine rings is 1. The number of carbonyl (C=O) groups excluding carboxylic acids is 1. The number of hydrogen-bond donors (Lipinski definition) is 2. The molecule has 1 fully saturated rings. The zero-order chi connectivity index (χ0) is 24.1. The highest BCUT2D eigenvalue weighted by molar-refractivity contribution is 5.95. The number of ether oxygens (including phenoxy) is 1. The van der Waals surface area contributed by atoms with Gasteiger partial charge in [0, 0.05) is 51.9 Å². The molecule has 1 aliphatic heterocycles. The number of rotatable bonds is 10. The number of aryl methyl sites for hydroxylation is 1. The number of amides is 1. The standard InChI is InChI=1S/C24H34FN7O2/c1-16(2)14-32(18-11-17(12-26-13-18)22-27-15-28-30-22)24(33)23-29-20-8-6-7-19(25)21(20)31(23)9-4-5-10-34-3/h6-8,15-18,26H,4-5,9-14H2,1-3H3,(H,27,28,30)/t17-,18+/m1/s1. The summed E-state index contributed by atoms with van der Waals surface area (Å²) in [4.78, 5) is 23.6. The number of aromatic nitrogens is 5. The van der Waals surface area contributed by atoms with Crippen molar-refractivity contribution in [1.29, 1.82) is 0 Å². The quantitative estimate of drug-likeness (QED) is 0.441. The van der Waals surface area contributed by atoms with Crippen molar-refractivity contribution in [3.8, 4) is 0 Å². The summed E-state index contributed by atoms with van der Waals surface area (Å²) in [6.07, 6.45) is 3.93. The maximum Gasteiger partial charge on any atom is 0.290 e. The Morgan fingerprint density at radius 3 is 2.91 bits per heavy atom. The predicted octanol–water partition coefficient (Wildman–Crippen LogP) is 2.96. The molecule has 1 saturated heterocycles. The second kappa shape index (κ2) is 11.1. The van der Waals surface area contributed by atoms with E-state index in [4.69, 9.17) is 4.74 Å². The Morgan fingerprint density at radius 2 is 2.18 bits per heavy atom. The summed E-state index contributed by atoms with van der Waals surface area (Å²) in [5.74, 6) is 0.985. The number of nitrogens with one attached hydrogen (secondary N) is 2. The van der Waals surface area contributed by atoms with Crippen LogP contribution in [0.1, 0.15) is 55.5 Å². The van der Waals surface area contributed by atoms with E-state index in [0.29, 0.717) is 43.1 Å². The van der Waals surface area contributed by atoms with Gasteiger partial charge in [-0.3, -0.25) is 4.79 Å². The van der Waals surface area contributed by atoms with Crippen LogP contribution in [-0.4, -0.2) is 74.9 Å². The Morgan fingerprint density at radius 1 is 1.32 bits per heavy atom. The van der Waals surface area contributed by atoms with Gasteiger partial charge in [0.2, 0.25) is 0 Å². The fourth-order valence-corrected chi connectivity index (χ4v) is 4.74. The number of aromatic amines is 1. The van der Waals surface area contributed by atoms with E-state index in [0.717, 1.165) is 31.6 Å². The molecule has 0 unspecified atom stereocenters. The van der Waals surface area contributed by atoms with E-state index in [1.807, 2.05) is 4.90 Å². The number of methoxy groups -OCH3 is 1. The van der Waals surface area contributed by atoms with Gasteiger partial charge in [-0.25, -0.2) is 9.37 Å².